The van der Waals surface area contributed by atoms with Gasteiger partial charge in [-0.15, -0.1) is 0 Å². The molecule has 2 atom stereocenters. The molecule has 2 N–H and O–H groups in total. The van der Waals surface area contributed by atoms with Crippen LogP contribution in [0, 0.1) is 6.92 Å². The van der Waals surface area contributed by atoms with E-state index in [4.69, 9.17) is 10.5 Å². The van der Waals surface area contributed by atoms with Gasteiger partial charge in [-0.2, -0.15) is 0 Å². The molecule has 2 rings (SSSR count). The Morgan fingerprint density at radius 1 is 1.47 bits per heavy atom. The van der Waals surface area contributed by atoms with E-state index in [9.17, 15) is 0 Å². The molecule has 2 unspecified atom stereocenters. The van der Waals surface area contributed by atoms with Crippen LogP contribution in [-0.4, -0.2) is 31.8 Å². The molecule has 0 saturated carbocycles. The van der Waals surface area contributed by atoms with Crippen molar-refractivity contribution in [2.45, 2.75) is 45.8 Å². The van der Waals surface area contributed by atoms with Crippen molar-refractivity contribution in [3.63, 3.8) is 0 Å². The third kappa shape index (κ3) is 3.71. The maximum Gasteiger partial charge on any atom is 0.0722 e. The van der Waals surface area contributed by atoms with Crippen molar-refractivity contribution < 1.29 is 4.74 Å². The zero-order valence-corrected chi connectivity index (χ0v) is 12.4. The van der Waals surface area contributed by atoms with E-state index in [0.29, 0.717) is 6.10 Å². The van der Waals surface area contributed by atoms with Gasteiger partial charge in [-0.3, -0.25) is 0 Å². The number of hydrogen-bond acceptors (Lipinski definition) is 3. The summed E-state index contributed by atoms with van der Waals surface area (Å²) in [5.41, 5.74) is 10.1. The zero-order valence-electron chi connectivity index (χ0n) is 12.4. The van der Waals surface area contributed by atoms with Crippen molar-refractivity contribution in [3.05, 3.63) is 29.3 Å². The zero-order chi connectivity index (χ0) is 13.8. The van der Waals surface area contributed by atoms with Crippen LogP contribution >= 0.6 is 0 Å². The first-order valence-electron chi connectivity index (χ1n) is 7.31. The van der Waals surface area contributed by atoms with Crippen molar-refractivity contribution in [2.24, 2.45) is 5.73 Å². The SMILES string of the molecule is CCC(N)Cc1ccc(N2CCOC(C)C2)cc1C. The van der Waals surface area contributed by atoms with Crippen molar-refractivity contribution >= 4 is 5.69 Å². The molecule has 0 bridgehead atoms. The van der Waals surface area contributed by atoms with Gasteiger partial charge in [0.1, 0.15) is 0 Å². The Morgan fingerprint density at radius 2 is 2.26 bits per heavy atom. The number of nitrogens with two attached hydrogens (primary N) is 1. The molecule has 1 aliphatic heterocycles. The second-order valence-corrected chi connectivity index (χ2v) is 5.61. The molecule has 0 amide bonds. The van der Waals surface area contributed by atoms with Crippen LogP contribution in [0.5, 0.6) is 0 Å². The fraction of sp³-hybridized carbons (Fsp3) is 0.625. The van der Waals surface area contributed by atoms with Crippen molar-refractivity contribution in [1.29, 1.82) is 0 Å². The van der Waals surface area contributed by atoms with Gasteiger partial charge in [-0.05, 0) is 49.9 Å². The number of nitrogens with zero attached hydrogens (tertiary/aromatic N) is 1. The third-order valence-electron chi connectivity index (χ3n) is 3.94. The Kier molecular flexibility index (Phi) is 4.83. The fourth-order valence-electron chi connectivity index (χ4n) is 2.59. The van der Waals surface area contributed by atoms with Crippen LogP contribution in [0.3, 0.4) is 0 Å². The molecule has 0 aromatic heterocycles. The van der Waals surface area contributed by atoms with Crippen LogP contribution in [0.1, 0.15) is 31.4 Å². The van der Waals surface area contributed by atoms with Crippen LogP contribution in [-0.2, 0) is 11.2 Å². The maximum absolute atomic E-state index is 6.05. The van der Waals surface area contributed by atoms with Crippen molar-refractivity contribution in [1.82, 2.24) is 0 Å². The predicted octanol–water partition coefficient (Wildman–Crippen LogP) is 2.50. The van der Waals surface area contributed by atoms with Crippen LogP contribution in [0.15, 0.2) is 18.2 Å². The second-order valence-electron chi connectivity index (χ2n) is 5.61. The Bertz CT molecular complexity index is 419. The Morgan fingerprint density at radius 3 is 2.89 bits per heavy atom. The van der Waals surface area contributed by atoms with Crippen LogP contribution in [0.2, 0.25) is 0 Å². The van der Waals surface area contributed by atoms with Gasteiger partial charge in [0, 0.05) is 24.8 Å². The van der Waals surface area contributed by atoms with E-state index in [2.05, 4.69) is 43.9 Å². The molecule has 106 valence electrons. The van der Waals surface area contributed by atoms with E-state index in [1.807, 2.05) is 0 Å². The molecular weight excluding hydrogens is 236 g/mol. The van der Waals surface area contributed by atoms with Crippen molar-refractivity contribution in [3.8, 4) is 0 Å². The average Bonchev–Trinajstić information content (AvgIpc) is 2.41. The molecule has 1 saturated heterocycles. The van der Waals surface area contributed by atoms with Gasteiger partial charge in [0.2, 0.25) is 0 Å². The molecule has 3 heteroatoms. The van der Waals surface area contributed by atoms with E-state index in [-0.39, 0.29) is 6.04 Å². The summed E-state index contributed by atoms with van der Waals surface area (Å²) in [6.45, 7) is 9.25. The third-order valence-corrected chi connectivity index (χ3v) is 3.94. The minimum atomic E-state index is 0.271. The van der Waals surface area contributed by atoms with Gasteiger partial charge in [0.05, 0.1) is 12.7 Å². The smallest absolute Gasteiger partial charge is 0.0722 e. The number of morpholine rings is 1. The summed E-state index contributed by atoms with van der Waals surface area (Å²) in [4.78, 5) is 2.41. The number of benzene rings is 1. The summed E-state index contributed by atoms with van der Waals surface area (Å²) in [5, 5.41) is 0. The van der Waals surface area contributed by atoms with Crippen LogP contribution in [0.25, 0.3) is 0 Å². The minimum absolute atomic E-state index is 0.271. The lowest BCUT2D eigenvalue weighted by Crippen LogP contribution is -2.41. The summed E-state index contributed by atoms with van der Waals surface area (Å²) in [5.74, 6) is 0. The Hall–Kier alpha value is -1.06. The number of aryl methyl sites for hydroxylation is 1. The molecule has 1 aromatic rings. The minimum Gasteiger partial charge on any atom is -0.375 e. The normalized spacial score (nSPS) is 21.5. The molecule has 1 aromatic carbocycles. The highest BCUT2D eigenvalue weighted by Gasteiger charge is 2.17. The monoisotopic (exact) mass is 262 g/mol. The van der Waals surface area contributed by atoms with Crippen LogP contribution < -0.4 is 10.6 Å². The molecule has 0 spiro atoms. The molecule has 1 aliphatic rings. The second kappa shape index (κ2) is 6.40. The highest BCUT2D eigenvalue weighted by atomic mass is 16.5. The lowest BCUT2D eigenvalue weighted by molar-refractivity contribution is 0.0532. The van der Waals surface area contributed by atoms with E-state index in [1.165, 1.54) is 16.8 Å². The first kappa shape index (κ1) is 14.4. The molecule has 1 heterocycles. The van der Waals surface area contributed by atoms with Crippen LogP contribution in [0.4, 0.5) is 5.69 Å². The van der Waals surface area contributed by atoms with E-state index >= 15 is 0 Å². The van der Waals surface area contributed by atoms with Gasteiger partial charge in [-0.1, -0.05) is 13.0 Å². The van der Waals surface area contributed by atoms with Gasteiger partial charge in [0.25, 0.3) is 0 Å². The first-order valence-corrected chi connectivity index (χ1v) is 7.31. The van der Waals surface area contributed by atoms with Crippen molar-refractivity contribution in [2.75, 3.05) is 24.6 Å². The Labute approximate surface area is 116 Å². The lowest BCUT2D eigenvalue weighted by atomic mass is 9.99. The average molecular weight is 262 g/mol. The van der Waals surface area contributed by atoms with Gasteiger partial charge < -0.3 is 15.4 Å². The van der Waals surface area contributed by atoms with Gasteiger partial charge in [-0.25, -0.2) is 0 Å². The maximum atomic E-state index is 6.05. The highest BCUT2D eigenvalue weighted by molar-refractivity contribution is 5.51. The summed E-state index contributed by atoms with van der Waals surface area (Å²) in [7, 11) is 0. The first-order chi connectivity index (χ1) is 9.10. The standard InChI is InChI=1S/C16H26N2O/c1-4-15(17)10-14-5-6-16(9-12(14)2)18-7-8-19-13(3)11-18/h5-6,9,13,15H,4,7-8,10-11,17H2,1-3H3. The number of hydrogen-bond donors (Lipinski definition) is 1. The topological polar surface area (TPSA) is 38.5 Å². The van der Waals surface area contributed by atoms with Gasteiger partial charge >= 0.3 is 0 Å². The predicted molar refractivity (Wildman–Crippen MR) is 80.8 cm³/mol. The summed E-state index contributed by atoms with van der Waals surface area (Å²) < 4.78 is 5.59. The largest absolute Gasteiger partial charge is 0.375 e. The quantitative estimate of drug-likeness (QED) is 0.906. The highest BCUT2D eigenvalue weighted by Crippen LogP contribution is 2.22. The molecule has 19 heavy (non-hydrogen) atoms. The number of anilines is 1. The molecular formula is C16H26N2O. The summed E-state index contributed by atoms with van der Waals surface area (Å²) >= 11 is 0. The Balaban J connectivity index is 2.09. The molecule has 3 nitrogen and oxygen atoms in total. The lowest BCUT2D eigenvalue weighted by Gasteiger charge is -2.33. The summed E-state index contributed by atoms with van der Waals surface area (Å²) in [6.07, 6.45) is 2.33. The van der Waals surface area contributed by atoms with E-state index in [1.54, 1.807) is 0 Å². The molecule has 1 fully saturated rings. The van der Waals surface area contributed by atoms with Gasteiger partial charge in [0.15, 0.2) is 0 Å². The molecule has 0 aliphatic carbocycles. The molecule has 0 radical (unpaired) electrons. The number of rotatable bonds is 4. The number of ether oxygens (including phenoxy) is 1. The van der Waals surface area contributed by atoms with E-state index < -0.39 is 0 Å². The summed E-state index contributed by atoms with van der Waals surface area (Å²) in [6, 6.07) is 7.02. The fourth-order valence-corrected chi connectivity index (χ4v) is 2.59. The van der Waals surface area contributed by atoms with E-state index in [0.717, 1.165) is 32.5 Å².